The molecule has 0 bridgehead atoms. The summed E-state index contributed by atoms with van der Waals surface area (Å²) in [6, 6.07) is 15.2. The molecule has 0 saturated carbocycles. The van der Waals surface area contributed by atoms with Gasteiger partial charge in [-0.15, -0.1) is 11.3 Å². The Hall–Kier alpha value is -1.62. The van der Waals surface area contributed by atoms with Crippen LogP contribution in [0.5, 0.6) is 0 Å². The van der Waals surface area contributed by atoms with Gasteiger partial charge in [0.15, 0.2) is 0 Å². The lowest BCUT2D eigenvalue weighted by atomic mass is 10.0. The van der Waals surface area contributed by atoms with E-state index in [9.17, 15) is 0 Å². The second kappa shape index (κ2) is 6.71. The lowest BCUT2D eigenvalue weighted by Gasteiger charge is -2.04. The lowest BCUT2D eigenvalue weighted by Crippen LogP contribution is -1.99. The Labute approximate surface area is 153 Å². The molecule has 0 unspecified atom stereocenters. The number of hydrogen-bond acceptors (Lipinski definition) is 2. The van der Waals surface area contributed by atoms with Crippen LogP contribution >= 0.6 is 27.3 Å². The van der Waals surface area contributed by atoms with Crippen LogP contribution in [0.3, 0.4) is 0 Å². The highest BCUT2D eigenvalue weighted by molar-refractivity contribution is 9.10. The van der Waals surface area contributed by atoms with Gasteiger partial charge >= 0.3 is 0 Å². The summed E-state index contributed by atoms with van der Waals surface area (Å²) >= 11 is 5.47. The van der Waals surface area contributed by atoms with Crippen molar-refractivity contribution >= 4 is 48.9 Å². The molecule has 0 atom stereocenters. The van der Waals surface area contributed by atoms with Crippen molar-refractivity contribution in [3.63, 3.8) is 0 Å². The highest BCUT2D eigenvalue weighted by Gasteiger charge is 2.17. The van der Waals surface area contributed by atoms with Crippen LogP contribution in [0.1, 0.15) is 18.4 Å². The maximum atomic E-state index is 5.70. The number of aryl methyl sites for hydroxylation is 1. The molecule has 0 spiro atoms. The van der Waals surface area contributed by atoms with Gasteiger partial charge in [0.2, 0.25) is 0 Å². The number of benzene rings is 2. The first-order valence-corrected chi connectivity index (χ1v) is 9.92. The second-order valence-corrected chi connectivity index (χ2v) is 7.80. The third kappa shape index (κ3) is 2.69. The number of H-pyrrole nitrogens is 1. The van der Waals surface area contributed by atoms with E-state index in [0.29, 0.717) is 0 Å². The first-order chi connectivity index (χ1) is 11.8. The van der Waals surface area contributed by atoms with E-state index in [1.165, 1.54) is 37.8 Å². The van der Waals surface area contributed by atoms with Crippen molar-refractivity contribution in [3.8, 4) is 10.6 Å². The Morgan fingerprint density at radius 1 is 1.00 bits per heavy atom. The topological polar surface area (TPSA) is 41.8 Å². The summed E-state index contributed by atoms with van der Waals surface area (Å²) in [5.41, 5.74) is 9.60. The van der Waals surface area contributed by atoms with Crippen molar-refractivity contribution in [2.24, 2.45) is 5.73 Å². The van der Waals surface area contributed by atoms with Gasteiger partial charge in [-0.25, -0.2) is 0 Å². The Bertz CT molecular complexity index is 999. The quantitative estimate of drug-likeness (QED) is 0.392. The van der Waals surface area contributed by atoms with Gasteiger partial charge in [0, 0.05) is 15.2 Å². The van der Waals surface area contributed by atoms with E-state index in [-0.39, 0.29) is 0 Å². The normalized spacial score (nSPS) is 11.6. The molecule has 2 aromatic carbocycles. The van der Waals surface area contributed by atoms with Gasteiger partial charge in [0.05, 0.1) is 16.1 Å². The number of aromatic amines is 1. The van der Waals surface area contributed by atoms with E-state index in [0.717, 1.165) is 30.3 Å². The van der Waals surface area contributed by atoms with Crippen LogP contribution in [-0.4, -0.2) is 11.5 Å². The van der Waals surface area contributed by atoms with Gasteiger partial charge in [0.1, 0.15) is 0 Å². The molecule has 3 N–H and O–H groups in total. The number of halogens is 1. The molecule has 4 aromatic rings. The summed E-state index contributed by atoms with van der Waals surface area (Å²) in [4.78, 5) is 5.00. The molecular weight excluding hydrogens is 380 g/mol. The monoisotopic (exact) mass is 398 g/mol. The molecule has 4 heteroatoms. The minimum atomic E-state index is 0.753. The molecule has 0 saturated heterocycles. The molecule has 122 valence electrons. The molecule has 0 aliphatic carbocycles. The molecule has 0 aliphatic heterocycles. The van der Waals surface area contributed by atoms with Crippen LogP contribution in [0.25, 0.3) is 32.2 Å². The first kappa shape index (κ1) is 15.9. The van der Waals surface area contributed by atoms with E-state index < -0.39 is 0 Å². The Kier molecular flexibility index (Phi) is 4.44. The average molecular weight is 399 g/mol. The van der Waals surface area contributed by atoms with Crippen LogP contribution < -0.4 is 5.73 Å². The maximum absolute atomic E-state index is 5.70. The third-order valence-electron chi connectivity index (χ3n) is 4.53. The fraction of sp³-hybridized carbons (Fsp3) is 0.200. The first-order valence-electron chi connectivity index (χ1n) is 8.25. The minimum absolute atomic E-state index is 0.753. The smallest absolute Gasteiger partial charge is 0.0650 e. The van der Waals surface area contributed by atoms with E-state index >= 15 is 0 Å². The van der Waals surface area contributed by atoms with Crippen molar-refractivity contribution in [2.45, 2.75) is 19.3 Å². The number of nitrogens with two attached hydrogens (primary N) is 1. The fourth-order valence-corrected chi connectivity index (χ4v) is 4.96. The molecule has 4 rings (SSSR count). The van der Waals surface area contributed by atoms with Gasteiger partial charge in [-0.05, 0) is 64.1 Å². The van der Waals surface area contributed by atoms with E-state index in [1.54, 1.807) is 11.3 Å². The van der Waals surface area contributed by atoms with Crippen LogP contribution in [0, 0.1) is 0 Å². The molecule has 0 amide bonds. The van der Waals surface area contributed by atoms with Crippen molar-refractivity contribution in [1.29, 1.82) is 0 Å². The third-order valence-corrected chi connectivity index (χ3v) is 6.39. The van der Waals surface area contributed by atoms with Gasteiger partial charge < -0.3 is 10.7 Å². The van der Waals surface area contributed by atoms with Crippen molar-refractivity contribution in [3.05, 3.63) is 57.9 Å². The molecule has 2 heterocycles. The largest absolute Gasteiger partial charge is 0.353 e. The van der Waals surface area contributed by atoms with Crippen molar-refractivity contribution < 1.29 is 0 Å². The number of fused-ring (bicyclic) bond motifs is 3. The van der Waals surface area contributed by atoms with Gasteiger partial charge in [-0.3, -0.25) is 0 Å². The van der Waals surface area contributed by atoms with Crippen LogP contribution in [0.2, 0.25) is 0 Å². The van der Waals surface area contributed by atoms with E-state index in [4.69, 9.17) is 5.73 Å². The predicted octanol–water partition coefficient (Wildman–Crippen LogP) is 6.09. The molecule has 2 aromatic heterocycles. The van der Waals surface area contributed by atoms with Crippen LogP contribution in [0.15, 0.2) is 52.3 Å². The second-order valence-electron chi connectivity index (χ2n) is 6.03. The summed E-state index contributed by atoms with van der Waals surface area (Å²) in [6.07, 6.45) is 3.23. The Morgan fingerprint density at radius 2 is 1.88 bits per heavy atom. The lowest BCUT2D eigenvalue weighted by molar-refractivity contribution is 0.748. The Morgan fingerprint density at radius 3 is 2.67 bits per heavy atom. The van der Waals surface area contributed by atoms with Crippen LogP contribution in [-0.2, 0) is 6.42 Å². The van der Waals surface area contributed by atoms with Crippen molar-refractivity contribution in [1.82, 2.24) is 4.98 Å². The summed E-state index contributed by atoms with van der Waals surface area (Å²) in [6.45, 7) is 0.753. The molecule has 2 nitrogen and oxygen atoms in total. The summed E-state index contributed by atoms with van der Waals surface area (Å²) in [7, 11) is 0. The van der Waals surface area contributed by atoms with Gasteiger partial charge in [-0.2, -0.15) is 0 Å². The molecule has 0 fully saturated rings. The van der Waals surface area contributed by atoms with E-state index in [1.807, 2.05) is 0 Å². The number of rotatable bonds is 5. The zero-order valence-corrected chi connectivity index (χ0v) is 15.7. The van der Waals surface area contributed by atoms with E-state index in [2.05, 4.69) is 68.8 Å². The highest BCUT2D eigenvalue weighted by Crippen LogP contribution is 2.40. The number of unbranched alkanes of at least 4 members (excludes halogenated alkanes) is 1. The predicted molar refractivity (Wildman–Crippen MR) is 109 cm³/mol. The van der Waals surface area contributed by atoms with Crippen molar-refractivity contribution in [2.75, 3.05) is 6.54 Å². The SMILES string of the molecule is NCCCCc1c(-c2sccc2Br)[nH]c2c1ccc1ccccc12. The molecule has 24 heavy (non-hydrogen) atoms. The number of thiophene rings is 1. The Balaban J connectivity index is 1.97. The molecule has 0 aliphatic rings. The average Bonchev–Trinajstić information content (AvgIpc) is 3.18. The molecule has 0 radical (unpaired) electrons. The highest BCUT2D eigenvalue weighted by atomic mass is 79.9. The number of hydrogen-bond donors (Lipinski definition) is 2. The maximum Gasteiger partial charge on any atom is 0.0650 e. The number of nitrogens with one attached hydrogen (secondary N) is 1. The molecular formula is C20H19BrN2S. The van der Waals surface area contributed by atoms with Gasteiger partial charge in [0.25, 0.3) is 0 Å². The summed E-state index contributed by atoms with van der Waals surface area (Å²) in [5.74, 6) is 0. The zero-order valence-electron chi connectivity index (χ0n) is 13.3. The minimum Gasteiger partial charge on any atom is -0.353 e. The summed E-state index contributed by atoms with van der Waals surface area (Å²) in [5, 5.41) is 6.03. The summed E-state index contributed by atoms with van der Waals surface area (Å²) < 4.78 is 1.16. The number of aromatic nitrogens is 1. The zero-order chi connectivity index (χ0) is 16.5. The van der Waals surface area contributed by atoms with Crippen LogP contribution in [0.4, 0.5) is 0 Å². The fourth-order valence-electron chi connectivity index (χ4n) is 3.36. The van der Waals surface area contributed by atoms with Gasteiger partial charge in [-0.1, -0.05) is 36.4 Å². The standard InChI is InChI=1S/C20H19BrN2S/c21-17-10-12-24-20(17)19-15(7-3-4-11-22)16-9-8-13-5-1-2-6-14(13)18(16)23-19/h1-2,5-6,8-10,12,23H,3-4,7,11,22H2.